The van der Waals surface area contributed by atoms with Crippen LogP contribution in [0.3, 0.4) is 0 Å². The Kier molecular flexibility index (Phi) is 9.53. The van der Waals surface area contributed by atoms with Crippen molar-refractivity contribution in [1.82, 2.24) is 20.2 Å². The highest BCUT2D eigenvalue weighted by atomic mass is 35.5. The Morgan fingerprint density at radius 2 is 1.71 bits per heavy atom. The molecule has 0 radical (unpaired) electrons. The number of carbonyl (C=O) groups is 1. The van der Waals surface area contributed by atoms with E-state index < -0.39 is 5.25 Å². The lowest BCUT2D eigenvalue weighted by atomic mass is 10.2. The van der Waals surface area contributed by atoms with Crippen molar-refractivity contribution in [2.24, 2.45) is 5.10 Å². The molecule has 0 fully saturated rings. The Hall–Kier alpha value is -4.60. The molecular weight excluding hydrogens is 568 g/mol. The van der Waals surface area contributed by atoms with E-state index in [0.717, 1.165) is 28.3 Å². The third-order valence-electron chi connectivity index (χ3n) is 6.22. The minimum absolute atomic E-state index is 0.257. The van der Waals surface area contributed by atoms with Crippen LogP contribution < -0.4 is 15.5 Å². The van der Waals surface area contributed by atoms with Crippen LogP contribution in [0.4, 0.5) is 5.69 Å². The van der Waals surface area contributed by atoms with Gasteiger partial charge in [-0.25, -0.2) is 5.43 Å². The van der Waals surface area contributed by atoms with E-state index in [0.29, 0.717) is 28.3 Å². The zero-order valence-corrected chi connectivity index (χ0v) is 24.6. The molecular formula is C32H29ClN6O2S. The van der Waals surface area contributed by atoms with E-state index in [2.05, 4.69) is 26.0 Å². The molecule has 10 heteroatoms. The first-order chi connectivity index (χ1) is 20.5. The van der Waals surface area contributed by atoms with Crippen LogP contribution in [0.5, 0.6) is 11.5 Å². The van der Waals surface area contributed by atoms with Gasteiger partial charge in [0.1, 0.15) is 11.5 Å². The number of halogens is 1. The second-order valence-corrected chi connectivity index (χ2v) is 11.1. The number of amides is 1. The van der Waals surface area contributed by atoms with Gasteiger partial charge in [-0.05, 0) is 79.6 Å². The maximum absolute atomic E-state index is 12.9. The summed E-state index contributed by atoms with van der Waals surface area (Å²) in [5, 5.41) is 17.2. The van der Waals surface area contributed by atoms with Gasteiger partial charge in [0.05, 0.1) is 18.0 Å². The summed E-state index contributed by atoms with van der Waals surface area (Å²) in [6, 6.07) is 32.5. The second kappa shape index (κ2) is 13.8. The number of rotatable bonds is 11. The van der Waals surface area contributed by atoms with Crippen molar-refractivity contribution in [3.63, 3.8) is 0 Å². The van der Waals surface area contributed by atoms with E-state index in [1.807, 2.05) is 122 Å². The van der Waals surface area contributed by atoms with Crippen LogP contribution in [-0.4, -0.2) is 32.1 Å². The van der Waals surface area contributed by atoms with E-state index >= 15 is 0 Å². The molecule has 4 aromatic carbocycles. The number of aromatic nitrogens is 3. The maximum Gasteiger partial charge on any atom is 0.253 e. The summed E-state index contributed by atoms with van der Waals surface area (Å²) in [5.41, 5.74) is 6.31. The number of carbonyl (C=O) groups excluding carboxylic acids is 1. The molecule has 1 heterocycles. The van der Waals surface area contributed by atoms with Crippen LogP contribution in [0.25, 0.3) is 5.69 Å². The van der Waals surface area contributed by atoms with Gasteiger partial charge in [-0.3, -0.25) is 9.36 Å². The lowest BCUT2D eigenvalue weighted by molar-refractivity contribution is -0.120. The van der Waals surface area contributed by atoms with Crippen molar-refractivity contribution < 1.29 is 9.53 Å². The Bertz CT molecular complexity index is 1680. The molecule has 8 nitrogen and oxygen atoms in total. The SMILES string of the molecule is Cc1cc(Cl)ccc1NCc1nnc(S[C@@H](C)C(=O)N/N=C\c2cccc(Oc3ccccc3)c2)n1-c1ccccc1. The molecule has 0 spiro atoms. The molecule has 0 aliphatic carbocycles. The highest BCUT2D eigenvalue weighted by molar-refractivity contribution is 8.00. The number of nitrogens with one attached hydrogen (secondary N) is 2. The molecule has 5 rings (SSSR count). The van der Waals surface area contributed by atoms with Gasteiger partial charge >= 0.3 is 0 Å². The predicted octanol–water partition coefficient (Wildman–Crippen LogP) is 7.26. The average molecular weight is 597 g/mol. The minimum atomic E-state index is -0.485. The molecule has 212 valence electrons. The molecule has 0 unspecified atom stereocenters. The summed E-state index contributed by atoms with van der Waals surface area (Å²) in [4.78, 5) is 12.9. The van der Waals surface area contributed by atoms with Gasteiger partial charge in [0, 0.05) is 16.4 Å². The van der Waals surface area contributed by atoms with E-state index in [-0.39, 0.29) is 5.91 Å². The van der Waals surface area contributed by atoms with Gasteiger partial charge in [-0.1, -0.05) is 71.9 Å². The minimum Gasteiger partial charge on any atom is -0.457 e. The monoisotopic (exact) mass is 596 g/mol. The van der Waals surface area contributed by atoms with Crippen LogP contribution in [0, 0.1) is 6.92 Å². The van der Waals surface area contributed by atoms with Gasteiger partial charge in [0.15, 0.2) is 11.0 Å². The summed E-state index contributed by atoms with van der Waals surface area (Å²) in [6.45, 7) is 4.24. The molecule has 1 atom stereocenters. The molecule has 0 saturated carbocycles. The van der Waals surface area contributed by atoms with E-state index in [1.165, 1.54) is 11.8 Å². The van der Waals surface area contributed by atoms with Gasteiger partial charge in [0.25, 0.3) is 5.91 Å². The first-order valence-electron chi connectivity index (χ1n) is 13.3. The summed E-state index contributed by atoms with van der Waals surface area (Å²) in [5.74, 6) is 1.87. The third-order valence-corrected chi connectivity index (χ3v) is 7.49. The number of nitrogens with zero attached hydrogens (tertiary/aromatic N) is 4. The quantitative estimate of drug-likeness (QED) is 0.0946. The number of hydrogen-bond donors (Lipinski definition) is 2. The lowest BCUT2D eigenvalue weighted by Crippen LogP contribution is -2.27. The van der Waals surface area contributed by atoms with Crippen molar-refractivity contribution >= 4 is 41.2 Å². The summed E-state index contributed by atoms with van der Waals surface area (Å²) < 4.78 is 7.83. The summed E-state index contributed by atoms with van der Waals surface area (Å²) >= 11 is 7.42. The highest BCUT2D eigenvalue weighted by Crippen LogP contribution is 2.27. The fraction of sp³-hybridized carbons (Fsp3) is 0.125. The molecule has 5 aromatic rings. The Morgan fingerprint density at radius 3 is 2.48 bits per heavy atom. The zero-order chi connectivity index (χ0) is 29.3. The van der Waals surface area contributed by atoms with Crippen LogP contribution in [0.2, 0.25) is 5.02 Å². The molecule has 0 saturated heterocycles. The first kappa shape index (κ1) is 28.9. The van der Waals surface area contributed by atoms with Crippen LogP contribution in [0.1, 0.15) is 23.9 Å². The third kappa shape index (κ3) is 7.57. The van der Waals surface area contributed by atoms with Gasteiger partial charge in [-0.2, -0.15) is 5.10 Å². The number of ether oxygens (including phenoxy) is 1. The first-order valence-corrected chi connectivity index (χ1v) is 14.5. The Labute approximate surface area is 253 Å². The van der Waals surface area contributed by atoms with Crippen LogP contribution in [-0.2, 0) is 11.3 Å². The number of anilines is 1. The topological polar surface area (TPSA) is 93.4 Å². The fourth-order valence-electron chi connectivity index (χ4n) is 4.08. The van der Waals surface area contributed by atoms with E-state index in [9.17, 15) is 4.79 Å². The number of hydrazone groups is 1. The highest BCUT2D eigenvalue weighted by Gasteiger charge is 2.21. The van der Waals surface area contributed by atoms with E-state index in [4.69, 9.17) is 16.3 Å². The van der Waals surface area contributed by atoms with Gasteiger partial charge in [-0.15, -0.1) is 10.2 Å². The Morgan fingerprint density at radius 1 is 0.976 bits per heavy atom. The molecule has 0 bridgehead atoms. The second-order valence-electron chi connectivity index (χ2n) is 9.36. The summed E-state index contributed by atoms with van der Waals surface area (Å²) in [7, 11) is 0. The standard InChI is InChI=1S/C32H29ClN6O2S/c1-22-18-25(33)16-17-29(22)34-21-30-36-38-32(39(30)26-11-5-3-6-12-26)42-23(2)31(40)37-35-20-24-10-9-15-28(19-24)41-27-13-7-4-8-14-27/h3-20,23,34H,21H2,1-2H3,(H,37,40)/b35-20-/t23-/m0/s1. The number of hydrogen-bond acceptors (Lipinski definition) is 7. The fourth-order valence-corrected chi connectivity index (χ4v) is 5.19. The molecule has 1 amide bonds. The molecule has 0 aliphatic rings. The lowest BCUT2D eigenvalue weighted by Gasteiger charge is -2.14. The Balaban J connectivity index is 1.24. The summed E-state index contributed by atoms with van der Waals surface area (Å²) in [6.07, 6.45) is 1.59. The number of thioether (sulfide) groups is 1. The van der Waals surface area contributed by atoms with Crippen LogP contribution in [0.15, 0.2) is 113 Å². The van der Waals surface area contributed by atoms with Crippen LogP contribution >= 0.6 is 23.4 Å². The van der Waals surface area contributed by atoms with Crippen molar-refractivity contribution in [3.05, 3.63) is 125 Å². The average Bonchev–Trinajstić information content (AvgIpc) is 3.40. The molecule has 1 aromatic heterocycles. The molecule has 0 aliphatic heterocycles. The van der Waals surface area contributed by atoms with Crippen molar-refractivity contribution in [1.29, 1.82) is 0 Å². The normalized spacial score (nSPS) is 11.8. The smallest absolute Gasteiger partial charge is 0.253 e. The largest absolute Gasteiger partial charge is 0.457 e. The molecule has 42 heavy (non-hydrogen) atoms. The molecule has 2 N–H and O–H groups in total. The predicted molar refractivity (Wildman–Crippen MR) is 169 cm³/mol. The van der Waals surface area contributed by atoms with Crippen molar-refractivity contribution in [3.8, 4) is 17.2 Å². The number of para-hydroxylation sites is 2. The van der Waals surface area contributed by atoms with E-state index in [1.54, 1.807) is 6.21 Å². The maximum atomic E-state index is 12.9. The van der Waals surface area contributed by atoms with Crippen molar-refractivity contribution in [2.75, 3.05) is 5.32 Å². The zero-order valence-electron chi connectivity index (χ0n) is 23.1. The van der Waals surface area contributed by atoms with Crippen molar-refractivity contribution in [2.45, 2.75) is 30.8 Å². The van der Waals surface area contributed by atoms with Gasteiger partial charge < -0.3 is 10.1 Å². The number of benzene rings is 4. The number of aryl methyl sites for hydroxylation is 1. The van der Waals surface area contributed by atoms with Gasteiger partial charge in [0.2, 0.25) is 0 Å².